The summed E-state index contributed by atoms with van der Waals surface area (Å²) in [6.45, 7) is 4.28. The van der Waals surface area contributed by atoms with Crippen LogP contribution in [-0.4, -0.2) is 16.1 Å². The highest BCUT2D eigenvalue weighted by atomic mass is 15.1. The average Bonchev–Trinajstić information content (AvgIpc) is 2.75. The van der Waals surface area contributed by atoms with Crippen molar-refractivity contribution in [3.05, 3.63) is 42.4 Å². The molecule has 2 aromatic rings. The van der Waals surface area contributed by atoms with Gasteiger partial charge in [0, 0.05) is 48.5 Å². The first-order valence-electron chi connectivity index (χ1n) is 5.69. The first kappa shape index (κ1) is 9.60. The molecule has 3 rings (SSSR count). The zero-order chi connectivity index (χ0) is 11.0. The number of nitrogens with zero attached hydrogens (tertiary/aromatic N) is 2. The molecule has 0 spiro atoms. The zero-order valence-electron chi connectivity index (χ0n) is 9.35. The van der Waals surface area contributed by atoms with Gasteiger partial charge in [-0.15, -0.1) is 0 Å². The molecule has 1 aliphatic rings. The number of hydrogen-bond donors (Lipinski definition) is 1. The Bertz CT molecular complexity index is 487. The van der Waals surface area contributed by atoms with Crippen LogP contribution >= 0.6 is 0 Å². The zero-order valence-corrected chi connectivity index (χ0v) is 9.35. The molecular formula is C13H15N3. The van der Waals surface area contributed by atoms with Crippen molar-refractivity contribution in [2.75, 3.05) is 6.54 Å². The van der Waals surface area contributed by atoms with E-state index in [4.69, 9.17) is 0 Å². The van der Waals surface area contributed by atoms with Gasteiger partial charge in [0.2, 0.25) is 0 Å². The van der Waals surface area contributed by atoms with Crippen molar-refractivity contribution in [1.29, 1.82) is 0 Å². The molecule has 3 heterocycles. The maximum absolute atomic E-state index is 4.18. The van der Waals surface area contributed by atoms with E-state index in [9.17, 15) is 0 Å². The molecule has 2 aromatic heterocycles. The molecule has 1 atom stereocenters. The van der Waals surface area contributed by atoms with Crippen LogP contribution in [-0.2, 0) is 6.54 Å². The Hall–Kier alpha value is -1.61. The Labute approximate surface area is 95.1 Å². The number of fused-ring (bicyclic) bond motifs is 1. The number of hydrogen-bond acceptors (Lipinski definition) is 2. The third kappa shape index (κ3) is 1.44. The van der Waals surface area contributed by atoms with Crippen LogP contribution < -0.4 is 5.32 Å². The summed E-state index contributed by atoms with van der Waals surface area (Å²) in [5, 5.41) is 3.47. The second-order valence-electron chi connectivity index (χ2n) is 4.21. The summed E-state index contributed by atoms with van der Waals surface area (Å²) in [6, 6.07) is 8.94. The molecule has 0 fully saturated rings. The van der Waals surface area contributed by atoms with Gasteiger partial charge in [0.15, 0.2) is 0 Å². The van der Waals surface area contributed by atoms with Gasteiger partial charge >= 0.3 is 0 Å². The van der Waals surface area contributed by atoms with Crippen LogP contribution in [0.2, 0.25) is 0 Å². The first-order valence-corrected chi connectivity index (χ1v) is 5.69. The molecule has 0 radical (unpaired) electrons. The second kappa shape index (κ2) is 3.76. The SMILES string of the molecule is CC1NCCn2c(-c3cccnc3)ccc21. The predicted octanol–water partition coefficient (Wildman–Crippen LogP) is 2.21. The van der Waals surface area contributed by atoms with Crippen molar-refractivity contribution < 1.29 is 0 Å². The Balaban J connectivity index is 2.10. The molecule has 0 amide bonds. The number of nitrogens with one attached hydrogen (secondary N) is 1. The predicted molar refractivity (Wildman–Crippen MR) is 64.1 cm³/mol. The molecule has 0 aromatic carbocycles. The number of pyridine rings is 1. The van der Waals surface area contributed by atoms with Gasteiger partial charge in [0.25, 0.3) is 0 Å². The maximum atomic E-state index is 4.18. The molecule has 1 aliphatic heterocycles. The monoisotopic (exact) mass is 213 g/mol. The molecule has 0 aliphatic carbocycles. The van der Waals surface area contributed by atoms with Crippen LogP contribution in [0.4, 0.5) is 0 Å². The third-order valence-electron chi connectivity index (χ3n) is 3.20. The van der Waals surface area contributed by atoms with Crippen LogP contribution in [0.5, 0.6) is 0 Å². The van der Waals surface area contributed by atoms with Gasteiger partial charge in [-0.2, -0.15) is 0 Å². The molecule has 3 nitrogen and oxygen atoms in total. The van der Waals surface area contributed by atoms with Gasteiger partial charge < -0.3 is 9.88 Å². The van der Waals surface area contributed by atoms with Crippen LogP contribution in [0.15, 0.2) is 36.7 Å². The highest BCUT2D eigenvalue weighted by molar-refractivity contribution is 5.60. The second-order valence-corrected chi connectivity index (χ2v) is 4.21. The van der Waals surface area contributed by atoms with Crippen molar-refractivity contribution in [2.24, 2.45) is 0 Å². The van der Waals surface area contributed by atoms with Crippen molar-refractivity contribution in [3.63, 3.8) is 0 Å². The molecule has 1 N–H and O–H groups in total. The summed E-state index contributed by atoms with van der Waals surface area (Å²) in [6.07, 6.45) is 3.74. The van der Waals surface area contributed by atoms with Crippen LogP contribution in [0.1, 0.15) is 18.7 Å². The fourth-order valence-corrected chi connectivity index (χ4v) is 2.37. The fourth-order valence-electron chi connectivity index (χ4n) is 2.37. The topological polar surface area (TPSA) is 29.9 Å². The van der Waals surface area contributed by atoms with Gasteiger partial charge in [-0.1, -0.05) is 0 Å². The summed E-state index contributed by atoms with van der Waals surface area (Å²) in [5.41, 5.74) is 3.84. The Morgan fingerprint density at radius 1 is 1.38 bits per heavy atom. The lowest BCUT2D eigenvalue weighted by Gasteiger charge is -2.24. The Morgan fingerprint density at radius 3 is 3.12 bits per heavy atom. The molecule has 16 heavy (non-hydrogen) atoms. The molecule has 82 valence electrons. The minimum atomic E-state index is 0.444. The van der Waals surface area contributed by atoms with Gasteiger partial charge in [-0.3, -0.25) is 4.98 Å². The quantitative estimate of drug-likeness (QED) is 0.787. The lowest BCUT2D eigenvalue weighted by atomic mass is 10.2. The first-order chi connectivity index (χ1) is 7.86. The van der Waals surface area contributed by atoms with Crippen LogP contribution in [0.3, 0.4) is 0 Å². The molecular weight excluding hydrogens is 198 g/mol. The lowest BCUT2D eigenvalue weighted by molar-refractivity contribution is 0.451. The van der Waals surface area contributed by atoms with E-state index in [0.29, 0.717) is 6.04 Å². The molecule has 0 saturated heterocycles. The largest absolute Gasteiger partial charge is 0.342 e. The van der Waals surface area contributed by atoms with Gasteiger partial charge in [0.1, 0.15) is 0 Å². The third-order valence-corrected chi connectivity index (χ3v) is 3.20. The Morgan fingerprint density at radius 2 is 2.31 bits per heavy atom. The summed E-state index contributed by atoms with van der Waals surface area (Å²) in [4.78, 5) is 4.18. The van der Waals surface area contributed by atoms with Gasteiger partial charge in [-0.25, -0.2) is 0 Å². The Kier molecular flexibility index (Phi) is 2.26. The average molecular weight is 213 g/mol. The molecule has 1 unspecified atom stereocenters. The van der Waals surface area contributed by atoms with Crippen molar-refractivity contribution in [2.45, 2.75) is 19.5 Å². The van der Waals surface area contributed by atoms with E-state index in [2.05, 4.69) is 40.0 Å². The maximum Gasteiger partial charge on any atom is 0.0499 e. The molecule has 0 bridgehead atoms. The standard InChI is InChI=1S/C13H15N3/c1-10-12-4-5-13(16(12)8-7-15-10)11-3-2-6-14-9-11/h2-6,9-10,15H,7-8H2,1H3. The summed E-state index contributed by atoms with van der Waals surface area (Å²) >= 11 is 0. The lowest BCUT2D eigenvalue weighted by Crippen LogP contribution is -2.31. The van der Waals surface area contributed by atoms with Gasteiger partial charge in [-0.05, 0) is 31.2 Å². The minimum Gasteiger partial charge on any atom is -0.342 e. The fraction of sp³-hybridized carbons (Fsp3) is 0.308. The molecule has 3 heteroatoms. The van der Waals surface area contributed by atoms with E-state index in [0.717, 1.165) is 13.1 Å². The van der Waals surface area contributed by atoms with Crippen LogP contribution in [0.25, 0.3) is 11.3 Å². The van der Waals surface area contributed by atoms with E-state index in [-0.39, 0.29) is 0 Å². The summed E-state index contributed by atoms with van der Waals surface area (Å²) < 4.78 is 2.39. The smallest absolute Gasteiger partial charge is 0.0499 e. The van der Waals surface area contributed by atoms with E-state index < -0.39 is 0 Å². The highest BCUT2D eigenvalue weighted by Gasteiger charge is 2.18. The summed E-state index contributed by atoms with van der Waals surface area (Å²) in [5.74, 6) is 0. The van der Waals surface area contributed by atoms with E-state index >= 15 is 0 Å². The normalized spacial score (nSPS) is 19.4. The minimum absolute atomic E-state index is 0.444. The number of aromatic nitrogens is 2. The van der Waals surface area contributed by atoms with Crippen molar-refractivity contribution in [3.8, 4) is 11.3 Å². The van der Waals surface area contributed by atoms with Crippen molar-refractivity contribution in [1.82, 2.24) is 14.9 Å². The molecule has 0 saturated carbocycles. The van der Waals surface area contributed by atoms with E-state index in [1.54, 1.807) is 0 Å². The highest BCUT2D eigenvalue weighted by Crippen LogP contribution is 2.27. The van der Waals surface area contributed by atoms with Crippen LogP contribution in [0, 0.1) is 0 Å². The van der Waals surface area contributed by atoms with Gasteiger partial charge in [0.05, 0.1) is 0 Å². The number of rotatable bonds is 1. The van der Waals surface area contributed by atoms with E-state index in [1.807, 2.05) is 18.5 Å². The van der Waals surface area contributed by atoms with Crippen molar-refractivity contribution >= 4 is 0 Å². The summed E-state index contributed by atoms with van der Waals surface area (Å²) in [7, 11) is 0. The van der Waals surface area contributed by atoms with E-state index in [1.165, 1.54) is 17.0 Å².